The highest BCUT2D eigenvalue weighted by Crippen LogP contribution is 2.30. The number of hydrogen-bond acceptors (Lipinski definition) is 2. The van der Waals surface area contributed by atoms with Gasteiger partial charge in [-0.25, -0.2) is 0 Å². The first-order chi connectivity index (χ1) is 7.72. The van der Waals surface area contributed by atoms with E-state index in [2.05, 4.69) is 20.9 Å². The van der Waals surface area contributed by atoms with E-state index in [1.807, 2.05) is 31.2 Å². The van der Waals surface area contributed by atoms with Crippen LogP contribution in [0.15, 0.2) is 24.3 Å². The van der Waals surface area contributed by atoms with Crippen molar-refractivity contribution >= 4 is 38.4 Å². The Morgan fingerprint density at radius 1 is 1.31 bits per heavy atom. The molecule has 1 aromatic heterocycles. The molecule has 0 saturated heterocycles. The van der Waals surface area contributed by atoms with E-state index in [9.17, 15) is 0 Å². The number of alkyl halides is 1. The number of hydrogen-bond donors (Lipinski definition) is 0. The first kappa shape index (κ1) is 11.7. The summed E-state index contributed by atoms with van der Waals surface area (Å²) in [6.45, 7) is 2.58. The van der Waals surface area contributed by atoms with Gasteiger partial charge in [0, 0.05) is 16.4 Å². The molecule has 2 aromatic rings. The summed E-state index contributed by atoms with van der Waals surface area (Å²) in [7, 11) is 0. The van der Waals surface area contributed by atoms with Gasteiger partial charge in [-0.05, 0) is 31.2 Å². The first-order valence-electron chi connectivity index (χ1n) is 4.97. The van der Waals surface area contributed by atoms with Gasteiger partial charge in [0.2, 0.25) is 0 Å². The van der Waals surface area contributed by atoms with Crippen molar-refractivity contribution in [3.05, 3.63) is 35.0 Å². The number of benzene rings is 1. The molecule has 0 aliphatic heterocycles. The van der Waals surface area contributed by atoms with Gasteiger partial charge in [-0.2, -0.15) is 0 Å². The number of aryl methyl sites for hydroxylation is 1. The number of rotatable bonds is 3. The van der Waals surface area contributed by atoms with Gasteiger partial charge >= 0.3 is 0 Å². The zero-order chi connectivity index (χ0) is 11.5. The van der Waals surface area contributed by atoms with E-state index in [0.717, 1.165) is 27.7 Å². The van der Waals surface area contributed by atoms with Crippen molar-refractivity contribution in [3.63, 3.8) is 0 Å². The molecule has 2 nitrogen and oxygen atoms in total. The molecule has 1 aromatic carbocycles. The minimum atomic E-state index is 0.630. The monoisotopic (exact) mass is 299 g/mol. The van der Waals surface area contributed by atoms with Crippen LogP contribution < -0.4 is 4.74 Å². The first-order valence-corrected chi connectivity index (χ1v) is 6.47. The summed E-state index contributed by atoms with van der Waals surface area (Å²) in [6, 6.07) is 7.65. The molecule has 0 unspecified atom stereocenters. The Kier molecular flexibility index (Phi) is 3.66. The average Bonchev–Trinajstić information content (AvgIpc) is 2.29. The molecule has 0 amide bonds. The van der Waals surface area contributed by atoms with Crippen LogP contribution in [0.4, 0.5) is 0 Å². The van der Waals surface area contributed by atoms with Crippen LogP contribution in [-0.4, -0.2) is 16.9 Å². The van der Waals surface area contributed by atoms with Crippen molar-refractivity contribution in [2.45, 2.75) is 6.92 Å². The summed E-state index contributed by atoms with van der Waals surface area (Å²) in [5, 5.41) is 2.42. The van der Waals surface area contributed by atoms with Gasteiger partial charge in [0.15, 0.2) is 0 Å². The second kappa shape index (κ2) is 5.02. The number of ether oxygens (including phenoxy) is 1. The predicted octanol–water partition coefficient (Wildman–Crippen LogP) is 3.97. The molecule has 0 saturated carbocycles. The van der Waals surface area contributed by atoms with Crippen molar-refractivity contribution in [2.75, 3.05) is 11.9 Å². The predicted molar refractivity (Wildman–Crippen MR) is 70.8 cm³/mol. The molecular weight excluding hydrogens is 289 g/mol. The number of nitrogens with zero attached hydrogens (tertiary/aromatic N) is 1. The maximum atomic E-state index is 6.11. The van der Waals surface area contributed by atoms with Crippen molar-refractivity contribution in [2.24, 2.45) is 0 Å². The zero-order valence-corrected chi connectivity index (χ0v) is 11.2. The smallest absolute Gasteiger partial charge is 0.128 e. The van der Waals surface area contributed by atoms with Gasteiger partial charge in [0.1, 0.15) is 5.75 Å². The van der Waals surface area contributed by atoms with Gasteiger partial charge in [0.05, 0.1) is 17.1 Å². The lowest BCUT2D eigenvalue weighted by atomic mass is 10.2. The fourth-order valence-corrected chi connectivity index (χ4v) is 1.90. The molecule has 0 atom stereocenters. The molecule has 1 heterocycles. The molecule has 84 valence electrons. The van der Waals surface area contributed by atoms with E-state index < -0.39 is 0 Å². The van der Waals surface area contributed by atoms with E-state index in [1.54, 1.807) is 0 Å². The van der Waals surface area contributed by atoms with Crippen LogP contribution in [0.2, 0.25) is 5.02 Å². The summed E-state index contributed by atoms with van der Waals surface area (Å²) in [4.78, 5) is 4.42. The summed E-state index contributed by atoms with van der Waals surface area (Å²) in [5.74, 6) is 0.825. The van der Waals surface area contributed by atoms with E-state index in [0.29, 0.717) is 11.6 Å². The third kappa shape index (κ3) is 2.30. The molecule has 0 fully saturated rings. The highest BCUT2D eigenvalue weighted by Gasteiger charge is 2.07. The molecular formula is C12H11BrClNO. The molecule has 0 aliphatic rings. The maximum Gasteiger partial charge on any atom is 0.128 e. The maximum absolute atomic E-state index is 6.11. The largest absolute Gasteiger partial charge is 0.492 e. The summed E-state index contributed by atoms with van der Waals surface area (Å²) in [5.41, 5.74) is 1.75. The lowest BCUT2D eigenvalue weighted by Gasteiger charge is -2.09. The lowest BCUT2D eigenvalue weighted by Crippen LogP contribution is -1.98. The van der Waals surface area contributed by atoms with Gasteiger partial charge in [0.25, 0.3) is 0 Å². The molecule has 0 N–H and O–H groups in total. The van der Waals surface area contributed by atoms with Crippen molar-refractivity contribution in [3.8, 4) is 5.75 Å². The van der Waals surface area contributed by atoms with E-state index in [1.165, 1.54) is 0 Å². The van der Waals surface area contributed by atoms with E-state index >= 15 is 0 Å². The number of halogens is 2. The van der Waals surface area contributed by atoms with Crippen molar-refractivity contribution < 1.29 is 4.74 Å². The summed E-state index contributed by atoms with van der Waals surface area (Å²) in [6.07, 6.45) is 0. The Hall–Kier alpha value is -0.800. The molecule has 0 radical (unpaired) electrons. The van der Waals surface area contributed by atoms with Crippen LogP contribution in [0.5, 0.6) is 5.75 Å². The van der Waals surface area contributed by atoms with Gasteiger partial charge < -0.3 is 4.74 Å². The minimum absolute atomic E-state index is 0.630. The number of pyridine rings is 1. The van der Waals surface area contributed by atoms with Crippen LogP contribution in [-0.2, 0) is 0 Å². The standard InChI is InChI=1S/C12H11BrClNO/c1-8-2-3-9-11(16-7-6-13)5-4-10(14)12(9)15-8/h2-5H,6-7H2,1H3. The van der Waals surface area contributed by atoms with Crippen LogP contribution in [0.3, 0.4) is 0 Å². The normalized spacial score (nSPS) is 10.7. The molecule has 0 aliphatic carbocycles. The Morgan fingerprint density at radius 3 is 2.88 bits per heavy atom. The molecule has 16 heavy (non-hydrogen) atoms. The SMILES string of the molecule is Cc1ccc2c(OCCBr)ccc(Cl)c2n1. The second-order valence-electron chi connectivity index (χ2n) is 3.43. The molecule has 0 spiro atoms. The highest BCUT2D eigenvalue weighted by atomic mass is 79.9. The average molecular weight is 301 g/mol. The molecule has 4 heteroatoms. The van der Waals surface area contributed by atoms with Crippen LogP contribution in [0, 0.1) is 6.92 Å². The topological polar surface area (TPSA) is 22.1 Å². The van der Waals surface area contributed by atoms with E-state index in [-0.39, 0.29) is 0 Å². The van der Waals surface area contributed by atoms with E-state index in [4.69, 9.17) is 16.3 Å². The Bertz CT molecular complexity index is 516. The van der Waals surface area contributed by atoms with Crippen LogP contribution >= 0.6 is 27.5 Å². The lowest BCUT2D eigenvalue weighted by molar-refractivity contribution is 0.349. The quantitative estimate of drug-likeness (QED) is 0.800. The number of fused-ring (bicyclic) bond motifs is 1. The second-order valence-corrected chi connectivity index (χ2v) is 4.63. The van der Waals surface area contributed by atoms with Gasteiger partial charge in [-0.3, -0.25) is 4.98 Å². The van der Waals surface area contributed by atoms with Crippen LogP contribution in [0.25, 0.3) is 10.9 Å². The Morgan fingerprint density at radius 2 is 2.12 bits per heavy atom. The third-order valence-electron chi connectivity index (χ3n) is 2.24. The minimum Gasteiger partial charge on any atom is -0.492 e. The summed E-state index contributed by atoms with van der Waals surface area (Å²) >= 11 is 9.44. The fraction of sp³-hybridized carbons (Fsp3) is 0.250. The zero-order valence-electron chi connectivity index (χ0n) is 8.84. The van der Waals surface area contributed by atoms with Gasteiger partial charge in [-0.15, -0.1) is 0 Å². The fourth-order valence-electron chi connectivity index (χ4n) is 1.53. The van der Waals surface area contributed by atoms with Crippen LogP contribution in [0.1, 0.15) is 5.69 Å². The van der Waals surface area contributed by atoms with Crippen molar-refractivity contribution in [1.29, 1.82) is 0 Å². The summed E-state index contributed by atoms with van der Waals surface area (Å²) < 4.78 is 5.62. The number of aromatic nitrogens is 1. The Labute approximate surface area is 108 Å². The Balaban J connectivity index is 2.55. The highest BCUT2D eigenvalue weighted by molar-refractivity contribution is 9.09. The van der Waals surface area contributed by atoms with Crippen molar-refractivity contribution in [1.82, 2.24) is 4.98 Å². The third-order valence-corrected chi connectivity index (χ3v) is 2.87. The van der Waals surface area contributed by atoms with Gasteiger partial charge in [-0.1, -0.05) is 27.5 Å². The molecule has 0 bridgehead atoms. The molecule has 2 rings (SSSR count).